The van der Waals surface area contributed by atoms with E-state index in [0.29, 0.717) is 52.2 Å². The topological polar surface area (TPSA) is 76.1 Å². The first-order chi connectivity index (χ1) is 21.0. The van der Waals surface area contributed by atoms with Gasteiger partial charge in [0, 0.05) is 43.7 Å². The van der Waals surface area contributed by atoms with E-state index in [2.05, 4.69) is 13.8 Å². The maximum absolute atomic E-state index is 16.2. The summed E-state index contributed by atoms with van der Waals surface area (Å²) in [5.41, 5.74) is -4.70. The van der Waals surface area contributed by atoms with Crippen molar-refractivity contribution in [1.29, 1.82) is 0 Å². The van der Waals surface area contributed by atoms with Gasteiger partial charge in [-0.2, -0.15) is 13.2 Å². The first kappa shape index (κ1) is 34.3. The molecule has 5 unspecified atom stereocenters. The monoisotopic (exact) mass is 671 g/mol. The highest BCUT2D eigenvalue weighted by atomic mass is 32.2. The molecule has 4 aliphatic carbocycles. The van der Waals surface area contributed by atoms with E-state index in [0.717, 1.165) is 21.0 Å². The number of benzene rings is 1. The minimum absolute atomic E-state index is 0.109. The largest absolute Gasteiger partial charge is 0.422 e. The number of allylic oxidation sites excluding steroid dienone is 1. The molecule has 1 N–H and O–H groups in total. The first-order valence-electron chi connectivity index (χ1n) is 16.5. The van der Waals surface area contributed by atoms with Crippen LogP contribution in [0.2, 0.25) is 0 Å². The summed E-state index contributed by atoms with van der Waals surface area (Å²) >= 11 is 0. The third-order valence-electron chi connectivity index (χ3n) is 13.1. The van der Waals surface area contributed by atoms with Gasteiger partial charge in [-0.05, 0) is 86.0 Å². The van der Waals surface area contributed by atoms with Gasteiger partial charge in [0.15, 0.2) is 5.79 Å². The molecule has 7 atom stereocenters. The maximum atomic E-state index is 16.2. The van der Waals surface area contributed by atoms with Gasteiger partial charge in [-0.15, -0.1) is 0 Å². The van der Waals surface area contributed by atoms with Crippen molar-refractivity contribution in [2.75, 3.05) is 27.3 Å². The fourth-order valence-electron chi connectivity index (χ4n) is 9.96. The fraction of sp³-hybridized carbons (Fsp3) is 0.771. The molecule has 0 radical (unpaired) electrons. The predicted octanol–water partition coefficient (Wildman–Crippen LogP) is 7.53. The number of hydrogen-bond donors (Lipinski definition) is 1. The molecule has 4 fully saturated rings. The Hall–Kier alpha value is -1.53. The molecule has 5 aliphatic rings. The maximum Gasteiger partial charge on any atom is 0.422 e. The highest BCUT2D eigenvalue weighted by molar-refractivity contribution is 7.89. The first-order valence-corrected chi connectivity index (χ1v) is 18.0. The minimum atomic E-state index is -5.03. The van der Waals surface area contributed by atoms with E-state index < -0.39 is 50.0 Å². The van der Waals surface area contributed by atoms with Gasteiger partial charge in [-0.1, -0.05) is 45.4 Å². The molecule has 0 amide bonds. The lowest BCUT2D eigenvalue weighted by atomic mass is 9.46. The highest BCUT2D eigenvalue weighted by Crippen LogP contribution is 2.74. The number of alkyl halides is 4. The van der Waals surface area contributed by atoms with Crippen LogP contribution in [0.4, 0.5) is 17.6 Å². The number of aliphatic hydroxyl groups is 1. The lowest BCUT2D eigenvalue weighted by molar-refractivity contribution is -0.322. The summed E-state index contributed by atoms with van der Waals surface area (Å²) in [6, 6.07) is 6.57. The molecule has 6 rings (SSSR count). The third-order valence-corrected chi connectivity index (χ3v) is 14.9. The van der Waals surface area contributed by atoms with Crippen LogP contribution in [-0.2, 0) is 19.5 Å². The summed E-state index contributed by atoms with van der Waals surface area (Å²) in [6.07, 6.45) is -1.84. The lowest BCUT2D eigenvalue weighted by Crippen LogP contribution is -2.61. The second kappa shape index (κ2) is 10.5. The van der Waals surface area contributed by atoms with Crippen LogP contribution in [0.3, 0.4) is 0 Å². The number of hydrogen-bond acceptors (Lipinski definition) is 5. The minimum Gasteiger partial charge on any atom is -0.385 e. The van der Waals surface area contributed by atoms with E-state index in [-0.39, 0.29) is 41.4 Å². The summed E-state index contributed by atoms with van der Waals surface area (Å²) < 4.78 is 99.0. The normalized spacial score (nSPS) is 38.7. The van der Waals surface area contributed by atoms with Gasteiger partial charge in [-0.25, -0.2) is 17.1 Å². The van der Waals surface area contributed by atoms with Crippen LogP contribution in [0.1, 0.15) is 97.5 Å². The summed E-state index contributed by atoms with van der Waals surface area (Å²) in [6.45, 7) is 9.21. The molecule has 1 aliphatic heterocycles. The Labute approximate surface area is 271 Å². The Kier molecular flexibility index (Phi) is 7.83. The molecular weight excluding hydrogens is 622 g/mol. The van der Waals surface area contributed by atoms with E-state index in [1.807, 2.05) is 6.92 Å². The molecule has 1 aromatic carbocycles. The van der Waals surface area contributed by atoms with Crippen molar-refractivity contribution in [3.63, 3.8) is 0 Å². The van der Waals surface area contributed by atoms with Crippen LogP contribution in [-0.4, -0.2) is 68.4 Å². The summed E-state index contributed by atoms with van der Waals surface area (Å²) in [4.78, 5) is 0.115. The molecule has 0 bridgehead atoms. The van der Waals surface area contributed by atoms with E-state index in [1.165, 1.54) is 21.0 Å². The van der Waals surface area contributed by atoms with Crippen LogP contribution in [0, 0.1) is 28.1 Å². The molecule has 1 aromatic rings. The van der Waals surface area contributed by atoms with Crippen LogP contribution in [0.15, 0.2) is 40.3 Å². The van der Waals surface area contributed by atoms with Crippen molar-refractivity contribution < 1.29 is 40.6 Å². The zero-order valence-corrected chi connectivity index (χ0v) is 28.9. The van der Waals surface area contributed by atoms with Crippen LogP contribution >= 0.6 is 0 Å². The molecule has 11 heteroatoms. The molecule has 6 nitrogen and oxygen atoms in total. The fourth-order valence-corrected chi connectivity index (χ4v) is 10.9. The molecular formula is C35H49F4NO5S. The van der Waals surface area contributed by atoms with Crippen LogP contribution < -0.4 is 0 Å². The molecule has 258 valence electrons. The molecule has 0 aromatic heterocycles. The zero-order valence-electron chi connectivity index (χ0n) is 28.1. The van der Waals surface area contributed by atoms with Gasteiger partial charge in [0.2, 0.25) is 15.7 Å². The number of halogens is 4. The number of fused-ring (bicyclic) bond motifs is 4. The standard InChI is InChI=1S/C35H49F4NO5S/c1-29(2)20-44-34(45-21-29)17-14-27-28-24(12-16-33(27,41)19-34)26-13-15-31(4,32(5,36)35(37,38)39)30(26,3)18-25(28)22-8-10-23(11-9-22)46(42,43)40(6)7/h8-11,24-26,41H,12-21H2,1-7H3/t24?,25?,26?,30?,31-,32?,33-/m1/s1. The average molecular weight is 672 g/mol. The van der Waals surface area contributed by atoms with Gasteiger partial charge in [0.05, 0.1) is 23.7 Å². The Morgan fingerprint density at radius 1 is 0.935 bits per heavy atom. The van der Waals surface area contributed by atoms with Crippen molar-refractivity contribution in [2.24, 2.45) is 28.1 Å². The van der Waals surface area contributed by atoms with Crippen molar-refractivity contribution in [3.8, 4) is 0 Å². The zero-order chi connectivity index (χ0) is 33.9. The number of ether oxygens (including phenoxy) is 2. The van der Waals surface area contributed by atoms with Gasteiger partial charge < -0.3 is 14.6 Å². The lowest BCUT2D eigenvalue weighted by Gasteiger charge is -2.60. The van der Waals surface area contributed by atoms with Gasteiger partial charge in [-0.3, -0.25) is 0 Å². The molecule has 3 saturated carbocycles. The van der Waals surface area contributed by atoms with Crippen molar-refractivity contribution in [2.45, 2.75) is 120 Å². The summed E-state index contributed by atoms with van der Waals surface area (Å²) in [5, 5.41) is 12.4. The van der Waals surface area contributed by atoms with E-state index in [9.17, 15) is 26.7 Å². The Balaban J connectivity index is 1.47. The molecule has 1 heterocycles. The van der Waals surface area contributed by atoms with Crippen LogP contribution in [0.5, 0.6) is 0 Å². The number of rotatable bonds is 4. The number of sulfonamides is 1. The Morgan fingerprint density at radius 3 is 2.11 bits per heavy atom. The quantitative estimate of drug-likeness (QED) is 0.265. The third kappa shape index (κ3) is 4.87. The Morgan fingerprint density at radius 2 is 1.54 bits per heavy atom. The summed E-state index contributed by atoms with van der Waals surface area (Å²) in [5.74, 6) is -1.62. The van der Waals surface area contributed by atoms with Crippen molar-refractivity contribution in [3.05, 3.63) is 41.0 Å². The van der Waals surface area contributed by atoms with E-state index in [1.54, 1.807) is 24.3 Å². The van der Waals surface area contributed by atoms with Crippen molar-refractivity contribution in [1.82, 2.24) is 4.31 Å². The molecule has 1 spiro atoms. The SMILES string of the molecule is CN(C)S(=O)(=O)c1ccc(C2CC3(C)C(CC[C@@]3(C)C(C)(F)C(F)(F)F)C3CC[C@@]4(O)CC5(CCC4=C23)OCC(C)(C)CO5)cc1. The average Bonchev–Trinajstić information content (AvgIpc) is 3.24. The van der Waals surface area contributed by atoms with E-state index in [4.69, 9.17) is 9.47 Å². The van der Waals surface area contributed by atoms with Crippen LogP contribution in [0.25, 0.3) is 0 Å². The molecule has 46 heavy (non-hydrogen) atoms. The second-order valence-corrected chi connectivity index (χ2v) is 18.6. The second-order valence-electron chi connectivity index (χ2n) is 16.4. The number of nitrogens with zero attached hydrogens (tertiary/aromatic N) is 1. The van der Waals surface area contributed by atoms with E-state index >= 15 is 4.39 Å². The van der Waals surface area contributed by atoms with Gasteiger partial charge in [0.1, 0.15) is 0 Å². The summed E-state index contributed by atoms with van der Waals surface area (Å²) in [7, 11) is -0.791. The van der Waals surface area contributed by atoms with Gasteiger partial charge >= 0.3 is 6.18 Å². The smallest absolute Gasteiger partial charge is 0.385 e. The molecule has 1 saturated heterocycles. The highest BCUT2D eigenvalue weighted by Gasteiger charge is 2.74. The van der Waals surface area contributed by atoms with Crippen molar-refractivity contribution >= 4 is 10.0 Å². The predicted molar refractivity (Wildman–Crippen MR) is 166 cm³/mol. The van der Waals surface area contributed by atoms with Gasteiger partial charge in [0.25, 0.3) is 0 Å². The Bertz CT molecular complexity index is 1510.